The van der Waals surface area contributed by atoms with Crippen molar-refractivity contribution >= 4 is 0 Å². The molecule has 3 rings (SSSR count). The lowest BCUT2D eigenvalue weighted by molar-refractivity contribution is -0.288. The Bertz CT molecular complexity index is 710. The summed E-state index contributed by atoms with van der Waals surface area (Å²) in [6, 6.07) is 9.01. The van der Waals surface area contributed by atoms with Crippen LogP contribution >= 0.6 is 0 Å². The molecule has 0 bridgehead atoms. The number of unbranched alkanes of at least 4 members (excludes halogenated alkanes) is 7. The largest absolute Gasteiger partial charge is 0.494 e. The molecule has 0 amide bonds. The van der Waals surface area contributed by atoms with Gasteiger partial charge in [-0.05, 0) is 81.9 Å². The van der Waals surface area contributed by atoms with E-state index in [1.54, 1.807) is 0 Å². The van der Waals surface area contributed by atoms with Crippen molar-refractivity contribution in [2.75, 3.05) is 33.0 Å². The Morgan fingerprint density at radius 3 is 2.03 bits per heavy atom. The van der Waals surface area contributed by atoms with Crippen molar-refractivity contribution in [3.63, 3.8) is 0 Å². The highest BCUT2D eigenvalue weighted by Crippen LogP contribution is 2.38. The smallest absolute Gasteiger partial charge is 0.162 e. The van der Waals surface area contributed by atoms with E-state index in [1.807, 2.05) is 13.8 Å². The van der Waals surface area contributed by atoms with Crippen molar-refractivity contribution in [1.82, 2.24) is 0 Å². The molecule has 0 atom stereocenters. The van der Waals surface area contributed by atoms with Gasteiger partial charge in [0, 0.05) is 12.0 Å². The Labute approximate surface area is 228 Å². The maximum atomic E-state index is 6.02. The molecule has 4 heteroatoms. The van der Waals surface area contributed by atoms with Crippen LogP contribution in [0.4, 0.5) is 0 Å². The van der Waals surface area contributed by atoms with Crippen LogP contribution in [0.3, 0.4) is 0 Å². The monoisotopic (exact) mass is 516 g/mol. The molecule has 0 unspecified atom stereocenters. The summed E-state index contributed by atoms with van der Waals surface area (Å²) in [4.78, 5) is 0. The van der Waals surface area contributed by atoms with Gasteiger partial charge < -0.3 is 18.9 Å². The molecule has 0 N–H and O–H groups in total. The number of ether oxygens (including phenoxy) is 4. The van der Waals surface area contributed by atoms with Crippen molar-refractivity contribution in [2.24, 2.45) is 11.3 Å². The molecule has 1 saturated heterocycles. The average molecular weight is 517 g/mol. The van der Waals surface area contributed by atoms with Gasteiger partial charge in [-0.3, -0.25) is 0 Å². The average Bonchev–Trinajstić information content (AvgIpc) is 2.90. The van der Waals surface area contributed by atoms with Crippen molar-refractivity contribution in [2.45, 2.75) is 129 Å². The summed E-state index contributed by atoms with van der Waals surface area (Å²) in [7, 11) is 0. The second-order valence-electron chi connectivity index (χ2n) is 12.6. The van der Waals surface area contributed by atoms with E-state index in [-0.39, 0.29) is 5.41 Å². The fraction of sp³-hybridized carbons (Fsp3) is 0.818. The van der Waals surface area contributed by atoms with Gasteiger partial charge in [0.2, 0.25) is 0 Å². The fourth-order valence-corrected chi connectivity index (χ4v) is 5.69. The Kier molecular flexibility index (Phi) is 13.3. The standard InChI is InChI=1S/C33H56O4/c1-5-6-11-14-28-15-17-29(18-16-28)30-19-21-31(22-20-30)35-24-13-10-8-7-9-12-23-34-25-33(4)26-36-32(2,3)37-27-33/h19-22,28-29H,5-18,23-27H2,1-4H3. The highest BCUT2D eigenvalue weighted by atomic mass is 16.7. The highest BCUT2D eigenvalue weighted by Gasteiger charge is 2.36. The number of hydrogen-bond acceptors (Lipinski definition) is 4. The number of benzene rings is 1. The second kappa shape index (κ2) is 16.1. The van der Waals surface area contributed by atoms with Gasteiger partial charge in [-0.15, -0.1) is 0 Å². The quantitative estimate of drug-likeness (QED) is 0.194. The number of rotatable bonds is 17. The first-order valence-electron chi connectivity index (χ1n) is 15.5. The van der Waals surface area contributed by atoms with Crippen LogP contribution in [-0.4, -0.2) is 38.8 Å². The van der Waals surface area contributed by atoms with Gasteiger partial charge in [0.15, 0.2) is 5.79 Å². The lowest BCUT2D eigenvalue weighted by atomic mass is 9.77. The second-order valence-corrected chi connectivity index (χ2v) is 12.6. The molecule has 4 nitrogen and oxygen atoms in total. The predicted molar refractivity (Wildman–Crippen MR) is 153 cm³/mol. The topological polar surface area (TPSA) is 36.9 Å². The Balaban J connectivity index is 1.14. The minimum Gasteiger partial charge on any atom is -0.494 e. The first kappa shape index (κ1) is 30.4. The lowest BCUT2D eigenvalue weighted by Gasteiger charge is -2.41. The van der Waals surface area contributed by atoms with Crippen LogP contribution in [0.1, 0.15) is 129 Å². The van der Waals surface area contributed by atoms with Gasteiger partial charge in [0.05, 0.1) is 26.4 Å². The van der Waals surface area contributed by atoms with E-state index in [0.29, 0.717) is 19.8 Å². The summed E-state index contributed by atoms with van der Waals surface area (Å²) in [5.41, 5.74) is 1.49. The van der Waals surface area contributed by atoms with E-state index in [0.717, 1.165) is 43.6 Å². The molecule has 0 aromatic heterocycles. The third-order valence-electron chi connectivity index (χ3n) is 8.35. The third kappa shape index (κ3) is 11.7. The zero-order valence-corrected chi connectivity index (χ0v) is 24.5. The zero-order chi connectivity index (χ0) is 26.4. The van der Waals surface area contributed by atoms with E-state index in [9.17, 15) is 0 Å². The van der Waals surface area contributed by atoms with Crippen LogP contribution in [0.25, 0.3) is 0 Å². The Morgan fingerprint density at radius 2 is 1.38 bits per heavy atom. The molecule has 1 aliphatic heterocycles. The first-order chi connectivity index (χ1) is 17.9. The summed E-state index contributed by atoms with van der Waals surface area (Å²) in [5.74, 6) is 2.31. The lowest BCUT2D eigenvalue weighted by Crippen LogP contribution is -2.47. The summed E-state index contributed by atoms with van der Waals surface area (Å²) < 4.78 is 23.5. The molecule has 1 heterocycles. The minimum atomic E-state index is -0.457. The molecule has 1 aliphatic carbocycles. The zero-order valence-electron chi connectivity index (χ0n) is 24.5. The molecule has 212 valence electrons. The summed E-state index contributed by atoms with van der Waals surface area (Å²) in [6.45, 7) is 12.2. The van der Waals surface area contributed by atoms with Gasteiger partial charge in [0.1, 0.15) is 5.75 Å². The van der Waals surface area contributed by atoms with Crippen molar-refractivity contribution < 1.29 is 18.9 Å². The predicted octanol–water partition coefficient (Wildman–Crippen LogP) is 9.07. The first-order valence-corrected chi connectivity index (χ1v) is 15.5. The molecular formula is C33H56O4. The van der Waals surface area contributed by atoms with Crippen molar-refractivity contribution in [3.05, 3.63) is 29.8 Å². The van der Waals surface area contributed by atoms with E-state index in [4.69, 9.17) is 18.9 Å². The Morgan fingerprint density at radius 1 is 0.757 bits per heavy atom. The molecule has 0 radical (unpaired) electrons. The molecule has 1 saturated carbocycles. The highest BCUT2D eigenvalue weighted by molar-refractivity contribution is 5.29. The van der Waals surface area contributed by atoms with Crippen LogP contribution in [0, 0.1) is 11.3 Å². The van der Waals surface area contributed by atoms with E-state index in [1.165, 1.54) is 82.6 Å². The maximum absolute atomic E-state index is 6.02. The normalized spacial score (nSPS) is 23.1. The van der Waals surface area contributed by atoms with E-state index in [2.05, 4.69) is 38.1 Å². The molecule has 1 aromatic carbocycles. The van der Waals surface area contributed by atoms with Crippen molar-refractivity contribution in [1.29, 1.82) is 0 Å². The Hall–Kier alpha value is -1.10. The van der Waals surface area contributed by atoms with Crippen LogP contribution in [-0.2, 0) is 14.2 Å². The van der Waals surface area contributed by atoms with Crippen LogP contribution in [0.2, 0.25) is 0 Å². The van der Waals surface area contributed by atoms with Crippen LogP contribution in [0.15, 0.2) is 24.3 Å². The third-order valence-corrected chi connectivity index (χ3v) is 8.35. The molecule has 2 aliphatic rings. The fourth-order valence-electron chi connectivity index (χ4n) is 5.69. The summed E-state index contributed by atoms with van der Waals surface area (Å²) in [6.07, 6.45) is 18.5. The van der Waals surface area contributed by atoms with Crippen LogP contribution in [0.5, 0.6) is 5.75 Å². The summed E-state index contributed by atoms with van der Waals surface area (Å²) >= 11 is 0. The van der Waals surface area contributed by atoms with Gasteiger partial charge in [0.25, 0.3) is 0 Å². The summed E-state index contributed by atoms with van der Waals surface area (Å²) in [5, 5.41) is 0. The molecular weight excluding hydrogens is 460 g/mol. The molecule has 0 spiro atoms. The van der Waals surface area contributed by atoms with E-state index < -0.39 is 5.79 Å². The molecule has 37 heavy (non-hydrogen) atoms. The van der Waals surface area contributed by atoms with E-state index >= 15 is 0 Å². The van der Waals surface area contributed by atoms with Gasteiger partial charge in [-0.2, -0.15) is 0 Å². The SMILES string of the molecule is CCCCCC1CCC(c2ccc(OCCCCCCCCOCC3(C)COC(C)(C)OC3)cc2)CC1. The van der Waals surface area contributed by atoms with Crippen molar-refractivity contribution in [3.8, 4) is 5.75 Å². The van der Waals surface area contributed by atoms with Gasteiger partial charge in [-0.25, -0.2) is 0 Å². The number of hydrogen-bond donors (Lipinski definition) is 0. The van der Waals surface area contributed by atoms with Gasteiger partial charge >= 0.3 is 0 Å². The molecule has 2 fully saturated rings. The molecule has 1 aromatic rings. The minimum absolute atomic E-state index is 0.0249. The van der Waals surface area contributed by atoms with Crippen LogP contribution < -0.4 is 4.74 Å². The van der Waals surface area contributed by atoms with Gasteiger partial charge in [-0.1, -0.05) is 77.3 Å². The maximum Gasteiger partial charge on any atom is 0.162 e.